The van der Waals surface area contributed by atoms with Crippen LogP contribution in [0.4, 0.5) is 11.4 Å². The molecule has 0 aliphatic heterocycles. The van der Waals surface area contributed by atoms with Crippen molar-refractivity contribution in [1.29, 1.82) is 0 Å². The van der Waals surface area contributed by atoms with E-state index in [2.05, 4.69) is 5.32 Å². The molecule has 0 saturated heterocycles. The SMILES string of the molecule is CSCC(C)(O)CNc1ccc([N+](=O)[O-])c(I)c1. The maximum absolute atomic E-state index is 10.7. The van der Waals surface area contributed by atoms with E-state index in [4.69, 9.17) is 0 Å². The zero-order valence-electron chi connectivity index (χ0n) is 10.1. The summed E-state index contributed by atoms with van der Waals surface area (Å²) >= 11 is 3.50. The monoisotopic (exact) mass is 382 g/mol. The highest BCUT2D eigenvalue weighted by molar-refractivity contribution is 14.1. The molecule has 0 aliphatic carbocycles. The van der Waals surface area contributed by atoms with Crippen molar-refractivity contribution in [3.05, 3.63) is 31.9 Å². The fourth-order valence-corrected chi connectivity index (χ4v) is 2.86. The molecule has 2 N–H and O–H groups in total. The van der Waals surface area contributed by atoms with E-state index in [1.165, 1.54) is 6.07 Å². The van der Waals surface area contributed by atoms with E-state index >= 15 is 0 Å². The Morgan fingerprint density at radius 2 is 2.28 bits per heavy atom. The van der Waals surface area contributed by atoms with Gasteiger partial charge in [-0.1, -0.05) is 0 Å². The number of nitro groups is 1. The van der Waals surface area contributed by atoms with Crippen LogP contribution >= 0.6 is 34.4 Å². The first-order valence-corrected chi connectivity index (χ1v) is 7.72. The van der Waals surface area contributed by atoms with Gasteiger partial charge in [0.05, 0.1) is 14.1 Å². The van der Waals surface area contributed by atoms with E-state index in [1.54, 1.807) is 30.8 Å². The molecule has 1 aromatic carbocycles. The van der Waals surface area contributed by atoms with Crippen LogP contribution < -0.4 is 5.32 Å². The number of nitrogens with zero attached hydrogens (tertiary/aromatic N) is 1. The Morgan fingerprint density at radius 3 is 2.78 bits per heavy atom. The number of aliphatic hydroxyl groups is 1. The molecule has 0 aromatic heterocycles. The van der Waals surface area contributed by atoms with Crippen LogP contribution in [0, 0.1) is 13.7 Å². The maximum atomic E-state index is 10.7. The maximum Gasteiger partial charge on any atom is 0.282 e. The van der Waals surface area contributed by atoms with Gasteiger partial charge in [-0.3, -0.25) is 10.1 Å². The third-order valence-corrected chi connectivity index (χ3v) is 4.05. The highest BCUT2D eigenvalue weighted by Gasteiger charge is 2.19. The van der Waals surface area contributed by atoms with Gasteiger partial charge < -0.3 is 10.4 Å². The lowest BCUT2D eigenvalue weighted by Crippen LogP contribution is -2.36. The second-order valence-electron chi connectivity index (χ2n) is 4.21. The predicted octanol–water partition coefficient (Wildman–Crippen LogP) is 2.73. The molecule has 1 atom stereocenters. The summed E-state index contributed by atoms with van der Waals surface area (Å²) in [6.45, 7) is 2.16. The first-order valence-electron chi connectivity index (χ1n) is 5.25. The summed E-state index contributed by atoms with van der Waals surface area (Å²) in [6, 6.07) is 4.82. The van der Waals surface area contributed by atoms with Crippen molar-refractivity contribution < 1.29 is 10.0 Å². The van der Waals surface area contributed by atoms with Crippen LogP contribution in [0.15, 0.2) is 18.2 Å². The first kappa shape index (κ1) is 15.5. The predicted molar refractivity (Wildman–Crippen MR) is 83.3 cm³/mol. The summed E-state index contributed by atoms with van der Waals surface area (Å²) < 4.78 is 0.576. The molecular weight excluding hydrogens is 367 g/mol. The summed E-state index contributed by atoms with van der Waals surface area (Å²) in [7, 11) is 0. The summed E-state index contributed by atoms with van der Waals surface area (Å²) in [5, 5.41) is 23.8. The lowest BCUT2D eigenvalue weighted by Gasteiger charge is -2.23. The molecule has 18 heavy (non-hydrogen) atoms. The van der Waals surface area contributed by atoms with Crippen LogP contribution in [-0.4, -0.2) is 34.2 Å². The third-order valence-electron chi connectivity index (χ3n) is 2.27. The Hall–Kier alpha value is -0.540. The van der Waals surface area contributed by atoms with Crippen LogP contribution in [0.5, 0.6) is 0 Å². The topological polar surface area (TPSA) is 75.4 Å². The molecule has 5 nitrogen and oxygen atoms in total. The minimum absolute atomic E-state index is 0.0945. The number of rotatable bonds is 6. The Balaban J connectivity index is 2.70. The quantitative estimate of drug-likeness (QED) is 0.450. The van der Waals surface area contributed by atoms with Crippen molar-refractivity contribution in [1.82, 2.24) is 0 Å². The van der Waals surface area contributed by atoms with Gasteiger partial charge in [-0.2, -0.15) is 11.8 Å². The largest absolute Gasteiger partial charge is 0.387 e. The second kappa shape index (κ2) is 6.58. The van der Waals surface area contributed by atoms with Crippen LogP contribution in [0.25, 0.3) is 0 Å². The summed E-state index contributed by atoms with van der Waals surface area (Å²) in [6.07, 6.45) is 1.93. The molecule has 1 unspecified atom stereocenters. The van der Waals surface area contributed by atoms with Crippen LogP contribution in [0.2, 0.25) is 0 Å². The molecule has 7 heteroatoms. The van der Waals surface area contributed by atoms with E-state index in [0.717, 1.165) is 5.69 Å². The fourth-order valence-electron chi connectivity index (χ4n) is 1.42. The summed E-state index contributed by atoms with van der Waals surface area (Å²) in [5.74, 6) is 0.629. The molecule has 0 bridgehead atoms. The Kier molecular flexibility index (Phi) is 5.67. The molecule has 0 spiro atoms. The van der Waals surface area contributed by atoms with Crippen LogP contribution in [0.3, 0.4) is 0 Å². The molecule has 0 aliphatic rings. The van der Waals surface area contributed by atoms with Gasteiger partial charge in [0.2, 0.25) is 0 Å². The van der Waals surface area contributed by atoms with Gasteiger partial charge in [-0.15, -0.1) is 0 Å². The average Bonchev–Trinajstić information content (AvgIpc) is 2.26. The number of thioether (sulfide) groups is 1. The summed E-state index contributed by atoms with van der Waals surface area (Å²) in [4.78, 5) is 10.3. The van der Waals surface area contributed by atoms with Crippen LogP contribution in [0.1, 0.15) is 6.92 Å². The summed E-state index contributed by atoms with van der Waals surface area (Å²) in [5.41, 5.74) is 0.0653. The fraction of sp³-hybridized carbons (Fsp3) is 0.455. The van der Waals surface area contributed by atoms with Crippen molar-refractivity contribution in [3.63, 3.8) is 0 Å². The van der Waals surface area contributed by atoms with Crippen molar-refractivity contribution in [2.24, 2.45) is 0 Å². The minimum Gasteiger partial charge on any atom is -0.387 e. The minimum atomic E-state index is -0.799. The van der Waals surface area contributed by atoms with E-state index in [0.29, 0.717) is 15.9 Å². The lowest BCUT2D eigenvalue weighted by atomic mass is 10.1. The molecule has 0 fully saturated rings. The van der Waals surface area contributed by atoms with Gasteiger partial charge in [0, 0.05) is 24.1 Å². The van der Waals surface area contributed by atoms with Gasteiger partial charge in [0.15, 0.2) is 0 Å². The van der Waals surface area contributed by atoms with E-state index < -0.39 is 10.5 Å². The Morgan fingerprint density at radius 1 is 1.61 bits per heavy atom. The number of hydrogen-bond acceptors (Lipinski definition) is 5. The smallest absolute Gasteiger partial charge is 0.282 e. The molecule has 0 radical (unpaired) electrons. The number of benzene rings is 1. The zero-order valence-corrected chi connectivity index (χ0v) is 13.1. The standard InChI is InChI=1S/C11H15IN2O3S/c1-11(15,7-18-2)6-13-8-3-4-10(14(16)17)9(12)5-8/h3-5,13,15H,6-7H2,1-2H3. The molecule has 1 rings (SSSR count). The molecule has 100 valence electrons. The van der Waals surface area contributed by atoms with Gasteiger partial charge in [0.1, 0.15) is 0 Å². The molecule has 0 heterocycles. The number of nitro benzene ring substituents is 1. The third kappa shape index (κ3) is 4.62. The van der Waals surface area contributed by atoms with E-state index in [9.17, 15) is 15.2 Å². The van der Waals surface area contributed by atoms with Crippen molar-refractivity contribution >= 4 is 45.7 Å². The molecular formula is C11H15IN2O3S. The Bertz CT molecular complexity index is 440. The van der Waals surface area contributed by atoms with Crippen molar-refractivity contribution in [2.75, 3.05) is 23.9 Å². The molecule has 0 amide bonds. The number of hydrogen-bond donors (Lipinski definition) is 2. The van der Waals surface area contributed by atoms with Gasteiger partial charge in [0.25, 0.3) is 5.69 Å². The molecule has 1 aromatic rings. The average molecular weight is 382 g/mol. The number of anilines is 1. The zero-order chi connectivity index (χ0) is 13.8. The lowest BCUT2D eigenvalue weighted by molar-refractivity contribution is -0.385. The first-order chi connectivity index (χ1) is 8.35. The van der Waals surface area contributed by atoms with Crippen molar-refractivity contribution in [3.8, 4) is 0 Å². The normalized spacial score (nSPS) is 14.0. The van der Waals surface area contributed by atoms with E-state index in [1.807, 2.05) is 28.8 Å². The van der Waals surface area contributed by atoms with Crippen molar-refractivity contribution in [2.45, 2.75) is 12.5 Å². The highest BCUT2D eigenvalue weighted by Crippen LogP contribution is 2.24. The number of halogens is 1. The van der Waals surface area contributed by atoms with Crippen LogP contribution in [-0.2, 0) is 0 Å². The molecule has 0 saturated carbocycles. The number of nitrogens with one attached hydrogen (secondary N) is 1. The van der Waals surface area contributed by atoms with E-state index in [-0.39, 0.29) is 5.69 Å². The Labute approximate surface area is 124 Å². The highest BCUT2D eigenvalue weighted by atomic mass is 127. The van der Waals surface area contributed by atoms with Gasteiger partial charge in [-0.05, 0) is 47.9 Å². The van der Waals surface area contributed by atoms with Gasteiger partial charge in [-0.25, -0.2) is 0 Å². The second-order valence-corrected chi connectivity index (χ2v) is 6.24. The van der Waals surface area contributed by atoms with Gasteiger partial charge >= 0.3 is 0 Å².